The summed E-state index contributed by atoms with van der Waals surface area (Å²) in [6.45, 7) is 4.69. The highest BCUT2D eigenvalue weighted by atomic mass is 16.6. The van der Waals surface area contributed by atoms with Gasteiger partial charge in [0, 0.05) is 0 Å². The first-order valence-corrected chi connectivity index (χ1v) is 4.37. The molecule has 0 fully saturated rings. The van der Waals surface area contributed by atoms with Crippen LogP contribution in [0.3, 0.4) is 0 Å². The Hall–Kier alpha value is -1.43. The molecule has 76 valence electrons. The fraction of sp³-hybridized carbons (Fsp3) is 0.625. The monoisotopic (exact) mass is 197 g/mol. The fourth-order valence-electron chi connectivity index (χ4n) is 1.67. The fourth-order valence-corrected chi connectivity index (χ4v) is 1.67. The van der Waals surface area contributed by atoms with Crippen LogP contribution in [0.1, 0.15) is 19.7 Å². The molecule has 0 spiro atoms. The molecule has 1 aromatic heterocycles. The largest absolute Gasteiger partial charge is 0.361 e. The highest BCUT2D eigenvalue weighted by Crippen LogP contribution is 2.30. The number of hydrogen-bond acceptors (Lipinski definition) is 4. The van der Waals surface area contributed by atoms with Gasteiger partial charge in [-0.15, -0.1) is 0 Å². The quantitative estimate of drug-likeness (QED) is 0.498. The molecule has 1 aliphatic heterocycles. The van der Waals surface area contributed by atoms with Crippen LogP contribution in [0.5, 0.6) is 0 Å². The Balaban J connectivity index is 2.53. The van der Waals surface area contributed by atoms with Gasteiger partial charge in [-0.05, 0) is 18.8 Å². The second-order valence-electron chi connectivity index (χ2n) is 3.71. The molecule has 0 saturated heterocycles. The van der Waals surface area contributed by atoms with Gasteiger partial charge in [-0.3, -0.25) is 0 Å². The van der Waals surface area contributed by atoms with E-state index in [4.69, 9.17) is 4.74 Å². The number of imidazole rings is 1. The summed E-state index contributed by atoms with van der Waals surface area (Å²) < 4.78 is 7.08. The van der Waals surface area contributed by atoms with Crippen molar-refractivity contribution in [3.8, 4) is 0 Å². The van der Waals surface area contributed by atoms with Crippen molar-refractivity contribution in [1.82, 2.24) is 9.55 Å². The maximum absolute atomic E-state index is 10.6. The summed E-state index contributed by atoms with van der Waals surface area (Å²) in [5.74, 6) is 0.659. The van der Waals surface area contributed by atoms with Crippen molar-refractivity contribution >= 4 is 5.82 Å². The van der Waals surface area contributed by atoms with E-state index < -0.39 is 10.5 Å². The van der Waals surface area contributed by atoms with E-state index in [1.165, 1.54) is 6.20 Å². The highest BCUT2D eigenvalue weighted by molar-refractivity contribution is 5.23. The Morgan fingerprint density at radius 1 is 1.71 bits per heavy atom. The van der Waals surface area contributed by atoms with Gasteiger partial charge in [-0.25, -0.2) is 9.55 Å². The predicted molar refractivity (Wildman–Crippen MR) is 47.9 cm³/mol. The SMILES string of the molecule is CC1(C)OCCn2c([N+](=O)[O-])cnc21. The van der Waals surface area contributed by atoms with E-state index in [1.54, 1.807) is 4.57 Å². The van der Waals surface area contributed by atoms with E-state index in [2.05, 4.69) is 4.98 Å². The summed E-state index contributed by atoms with van der Waals surface area (Å²) in [5.41, 5.74) is -0.535. The lowest BCUT2D eigenvalue weighted by atomic mass is 10.1. The van der Waals surface area contributed by atoms with E-state index >= 15 is 0 Å². The minimum absolute atomic E-state index is 0.0383. The van der Waals surface area contributed by atoms with Gasteiger partial charge in [0.1, 0.15) is 18.3 Å². The standard InChI is InChI=1S/C8H11N3O3/c1-8(2)7-9-5-6(11(12)13)10(7)3-4-14-8/h5H,3-4H2,1-2H3. The van der Waals surface area contributed by atoms with E-state index in [0.717, 1.165) is 0 Å². The minimum Gasteiger partial charge on any atom is -0.361 e. The van der Waals surface area contributed by atoms with Gasteiger partial charge in [0.15, 0.2) is 0 Å². The van der Waals surface area contributed by atoms with Crippen molar-refractivity contribution in [3.63, 3.8) is 0 Å². The summed E-state index contributed by atoms with van der Waals surface area (Å²) in [6, 6.07) is 0. The first-order chi connectivity index (χ1) is 6.52. The van der Waals surface area contributed by atoms with Crippen LogP contribution in [0.4, 0.5) is 5.82 Å². The zero-order valence-corrected chi connectivity index (χ0v) is 8.06. The molecule has 1 aliphatic rings. The second kappa shape index (κ2) is 2.78. The van der Waals surface area contributed by atoms with Crippen LogP contribution in [-0.2, 0) is 16.9 Å². The molecule has 0 N–H and O–H groups in total. The summed E-state index contributed by atoms with van der Waals surface area (Å²) in [7, 11) is 0. The van der Waals surface area contributed by atoms with Crippen molar-refractivity contribution in [1.29, 1.82) is 0 Å². The maximum Gasteiger partial charge on any atom is 0.343 e. The molecular formula is C8H11N3O3. The average Bonchev–Trinajstić information content (AvgIpc) is 2.48. The lowest BCUT2D eigenvalue weighted by Crippen LogP contribution is -2.33. The number of ether oxygens (including phenoxy) is 1. The van der Waals surface area contributed by atoms with Crippen molar-refractivity contribution in [3.05, 3.63) is 22.1 Å². The number of rotatable bonds is 1. The predicted octanol–water partition coefficient (Wildman–Crippen LogP) is 1.06. The Labute approximate surface area is 80.7 Å². The Kier molecular flexibility index (Phi) is 1.81. The normalized spacial score (nSPS) is 19.0. The molecule has 0 saturated carbocycles. The van der Waals surface area contributed by atoms with Crippen LogP contribution in [0.25, 0.3) is 0 Å². The van der Waals surface area contributed by atoms with Crippen LogP contribution in [-0.4, -0.2) is 21.1 Å². The zero-order valence-electron chi connectivity index (χ0n) is 8.06. The second-order valence-corrected chi connectivity index (χ2v) is 3.71. The van der Waals surface area contributed by atoms with Gasteiger partial charge < -0.3 is 14.9 Å². The van der Waals surface area contributed by atoms with E-state index in [1.807, 2.05) is 13.8 Å². The minimum atomic E-state index is -0.535. The summed E-state index contributed by atoms with van der Waals surface area (Å²) >= 11 is 0. The van der Waals surface area contributed by atoms with Crippen LogP contribution < -0.4 is 0 Å². The molecule has 1 aromatic rings. The third-order valence-electron chi connectivity index (χ3n) is 2.34. The summed E-state index contributed by atoms with van der Waals surface area (Å²) in [4.78, 5) is 14.3. The van der Waals surface area contributed by atoms with Crippen LogP contribution in [0.2, 0.25) is 0 Å². The smallest absolute Gasteiger partial charge is 0.343 e. The molecule has 6 nitrogen and oxygen atoms in total. The Morgan fingerprint density at radius 3 is 3.07 bits per heavy atom. The molecular weight excluding hydrogens is 186 g/mol. The van der Waals surface area contributed by atoms with Gasteiger partial charge in [0.2, 0.25) is 5.82 Å². The maximum atomic E-state index is 10.6. The Bertz CT molecular complexity index is 383. The summed E-state index contributed by atoms with van der Waals surface area (Å²) in [6.07, 6.45) is 1.28. The zero-order chi connectivity index (χ0) is 10.3. The number of aromatic nitrogens is 2. The van der Waals surface area contributed by atoms with Gasteiger partial charge in [0.05, 0.1) is 6.61 Å². The van der Waals surface area contributed by atoms with E-state index in [9.17, 15) is 10.1 Å². The van der Waals surface area contributed by atoms with Gasteiger partial charge >= 0.3 is 5.82 Å². The van der Waals surface area contributed by atoms with Crippen molar-refractivity contribution < 1.29 is 9.66 Å². The highest BCUT2D eigenvalue weighted by Gasteiger charge is 2.37. The summed E-state index contributed by atoms with van der Waals surface area (Å²) in [5, 5.41) is 10.6. The third kappa shape index (κ3) is 1.19. The molecule has 0 unspecified atom stereocenters. The van der Waals surface area contributed by atoms with Gasteiger partial charge in [0.25, 0.3) is 0 Å². The molecule has 0 atom stereocenters. The molecule has 0 aliphatic carbocycles. The first kappa shape index (κ1) is 9.14. The average molecular weight is 197 g/mol. The number of fused-ring (bicyclic) bond motifs is 1. The lowest BCUT2D eigenvalue weighted by molar-refractivity contribution is -0.392. The van der Waals surface area contributed by atoms with E-state index in [-0.39, 0.29) is 5.82 Å². The van der Waals surface area contributed by atoms with Crippen molar-refractivity contribution in [2.75, 3.05) is 6.61 Å². The molecule has 0 aromatic carbocycles. The third-order valence-corrected chi connectivity index (χ3v) is 2.34. The Morgan fingerprint density at radius 2 is 2.43 bits per heavy atom. The van der Waals surface area contributed by atoms with Crippen LogP contribution in [0.15, 0.2) is 6.20 Å². The van der Waals surface area contributed by atoms with Crippen molar-refractivity contribution in [2.45, 2.75) is 26.0 Å². The topological polar surface area (TPSA) is 70.2 Å². The molecule has 2 rings (SSSR count). The molecule has 14 heavy (non-hydrogen) atoms. The molecule has 2 heterocycles. The number of nitrogens with zero attached hydrogens (tertiary/aromatic N) is 3. The molecule has 0 amide bonds. The first-order valence-electron chi connectivity index (χ1n) is 4.37. The van der Waals surface area contributed by atoms with Crippen LogP contribution >= 0.6 is 0 Å². The van der Waals surface area contributed by atoms with Gasteiger partial charge in [-0.2, -0.15) is 0 Å². The number of hydrogen-bond donors (Lipinski definition) is 0. The lowest BCUT2D eigenvalue weighted by Gasteiger charge is -2.26. The van der Waals surface area contributed by atoms with Crippen LogP contribution in [0, 0.1) is 10.1 Å². The number of nitro groups is 1. The van der Waals surface area contributed by atoms with Crippen molar-refractivity contribution in [2.24, 2.45) is 0 Å². The molecule has 0 radical (unpaired) electrons. The molecule has 6 heteroatoms. The van der Waals surface area contributed by atoms with E-state index in [0.29, 0.717) is 19.0 Å². The van der Waals surface area contributed by atoms with Gasteiger partial charge in [-0.1, -0.05) is 0 Å². The molecule has 0 bridgehead atoms.